The number of fused-ring (bicyclic) bond motifs is 1. The number of amides is 1. The lowest BCUT2D eigenvalue weighted by molar-refractivity contribution is 0.0940. The molecule has 0 spiro atoms. The molecule has 0 heterocycles. The van der Waals surface area contributed by atoms with Gasteiger partial charge in [-0.2, -0.15) is 0 Å². The predicted octanol–water partition coefficient (Wildman–Crippen LogP) is 4.72. The molecule has 0 aromatic heterocycles. The Morgan fingerprint density at radius 2 is 1.46 bits per heavy atom. The van der Waals surface area contributed by atoms with Crippen molar-refractivity contribution in [2.75, 3.05) is 13.7 Å². The topological polar surface area (TPSA) is 38.3 Å². The van der Waals surface area contributed by atoms with Gasteiger partial charge in [-0.25, -0.2) is 0 Å². The number of hydrogen-bond donors (Lipinski definition) is 1. The second-order valence-corrected chi connectivity index (χ2v) is 7.69. The predicted molar refractivity (Wildman–Crippen MR) is 110 cm³/mol. The molecule has 3 aromatic carbocycles. The summed E-state index contributed by atoms with van der Waals surface area (Å²) >= 11 is 0. The maximum atomic E-state index is 12.8. The summed E-state index contributed by atoms with van der Waals surface area (Å²) < 4.78 is 5.34. The minimum Gasteiger partial charge on any atom is -0.496 e. The SMILES string of the molecule is COc1ccccc1C(=O)NCC1CC2c3ccccc3C1c1ccccc12. The fourth-order valence-electron chi connectivity index (χ4n) is 5.11. The van der Waals surface area contributed by atoms with Crippen LogP contribution >= 0.6 is 0 Å². The van der Waals surface area contributed by atoms with Crippen molar-refractivity contribution in [1.29, 1.82) is 0 Å². The lowest BCUT2D eigenvalue weighted by atomic mass is 9.59. The number of para-hydroxylation sites is 1. The number of benzene rings is 3. The van der Waals surface area contributed by atoms with E-state index in [1.807, 2.05) is 24.3 Å². The number of carbonyl (C=O) groups excluding carboxylic acids is 1. The highest BCUT2D eigenvalue weighted by Crippen LogP contribution is 2.55. The molecule has 140 valence electrons. The molecule has 3 aliphatic rings. The minimum atomic E-state index is -0.0690. The molecule has 3 heteroatoms. The average Bonchev–Trinajstić information content (AvgIpc) is 2.77. The molecule has 0 saturated heterocycles. The van der Waals surface area contributed by atoms with Gasteiger partial charge in [-0.05, 0) is 46.7 Å². The van der Waals surface area contributed by atoms with Gasteiger partial charge in [0.25, 0.3) is 5.91 Å². The normalized spacial score (nSPS) is 21.5. The molecular weight excluding hydrogens is 346 g/mol. The molecule has 1 atom stereocenters. The largest absolute Gasteiger partial charge is 0.496 e. The maximum Gasteiger partial charge on any atom is 0.255 e. The Morgan fingerprint density at radius 1 is 0.893 bits per heavy atom. The molecule has 1 amide bonds. The van der Waals surface area contributed by atoms with Crippen molar-refractivity contribution >= 4 is 5.91 Å². The smallest absolute Gasteiger partial charge is 0.255 e. The summed E-state index contributed by atoms with van der Waals surface area (Å²) in [4.78, 5) is 12.8. The maximum absolute atomic E-state index is 12.8. The van der Waals surface area contributed by atoms with Crippen LogP contribution < -0.4 is 10.1 Å². The van der Waals surface area contributed by atoms with Gasteiger partial charge in [-0.3, -0.25) is 4.79 Å². The fourth-order valence-corrected chi connectivity index (χ4v) is 5.11. The van der Waals surface area contributed by atoms with Gasteiger partial charge in [0.2, 0.25) is 0 Å². The van der Waals surface area contributed by atoms with Crippen molar-refractivity contribution in [2.24, 2.45) is 5.92 Å². The van der Waals surface area contributed by atoms with E-state index in [0.29, 0.717) is 35.6 Å². The zero-order chi connectivity index (χ0) is 19.1. The second kappa shape index (κ2) is 6.83. The Kier molecular flexibility index (Phi) is 4.16. The summed E-state index contributed by atoms with van der Waals surface area (Å²) in [6.45, 7) is 0.667. The van der Waals surface area contributed by atoms with Gasteiger partial charge in [-0.1, -0.05) is 60.7 Å². The van der Waals surface area contributed by atoms with Crippen molar-refractivity contribution in [1.82, 2.24) is 5.32 Å². The second-order valence-electron chi connectivity index (χ2n) is 7.69. The van der Waals surface area contributed by atoms with Gasteiger partial charge in [0.05, 0.1) is 12.7 Å². The molecule has 0 aliphatic heterocycles. The van der Waals surface area contributed by atoms with Crippen molar-refractivity contribution in [2.45, 2.75) is 18.3 Å². The Hall–Kier alpha value is -3.07. The van der Waals surface area contributed by atoms with Crippen molar-refractivity contribution in [3.63, 3.8) is 0 Å². The molecule has 3 aliphatic carbocycles. The van der Waals surface area contributed by atoms with E-state index >= 15 is 0 Å². The van der Waals surface area contributed by atoms with Gasteiger partial charge >= 0.3 is 0 Å². The van der Waals surface area contributed by atoms with Crippen LogP contribution in [0.3, 0.4) is 0 Å². The van der Waals surface area contributed by atoms with Crippen LogP contribution in [0.15, 0.2) is 72.8 Å². The average molecular weight is 369 g/mol. The van der Waals surface area contributed by atoms with Crippen LogP contribution in [0.5, 0.6) is 5.75 Å². The summed E-state index contributed by atoms with van der Waals surface area (Å²) in [6, 6.07) is 25.0. The van der Waals surface area contributed by atoms with Crippen LogP contribution in [-0.4, -0.2) is 19.6 Å². The van der Waals surface area contributed by atoms with Gasteiger partial charge in [0.15, 0.2) is 0 Å². The van der Waals surface area contributed by atoms with Crippen molar-refractivity contribution in [3.8, 4) is 5.75 Å². The van der Waals surface area contributed by atoms with Gasteiger partial charge in [-0.15, -0.1) is 0 Å². The molecule has 2 bridgehead atoms. The zero-order valence-electron chi connectivity index (χ0n) is 15.9. The molecule has 1 N–H and O–H groups in total. The Morgan fingerprint density at radius 3 is 2.11 bits per heavy atom. The van der Waals surface area contributed by atoms with Gasteiger partial charge in [0.1, 0.15) is 5.75 Å². The molecule has 0 radical (unpaired) electrons. The van der Waals surface area contributed by atoms with Crippen molar-refractivity contribution in [3.05, 3.63) is 101 Å². The van der Waals surface area contributed by atoms with Crippen LogP contribution in [0, 0.1) is 5.92 Å². The number of ether oxygens (including phenoxy) is 1. The Balaban J connectivity index is 1.43. The molecule has 0 saturated carbocycles. The van der Waals surface area contributed by atoms with E-state index in [4.69, 9.17) is 4.74 Å². The summed E-state index contributed by atoms with van der Waals surface area (Å²) in [6.07, 6.45) is 1.07. The number of methoxy groups -OCH3 is 1. The molecule has 3 aromatic rings. The van der Waals surface area contributed by atoms with E-state index in [9.17, 15) is 4.79 Å². The monoisotopic (exact) mass is 369 g/mol. The van der Waals surface area contributed by atoms with Crippen molar-refractivity contribution < 1.29 is 9.53 Å². The standard InChI is InChI=1S/C25H23NO2/c1-28-23-13-7-6-12-21(23)25(27)26-15-16-14-22-17-8-2-4-10-19(17)24(16)20-11-5-3-9-18(20)22/h2-13,16,22,24H,14-15H2,1H3,(H,26,27). The highest BCUT2D eigenvalue weighted by atomic mass is 16.5. The van der Waals surface area contributed by atoms with E-state index < -0.39 is 0 Å². The quantitative estimate of drug-likeness (QED) is 0.722. The van der Waals surface area contributed by atoms with E-state index in [1.54, 1.807) is 7.11 Å². The molecule has 0 fully saturated rings. The first-order valence-corrected chi connectivity index (χ1v) is 9.86. The summed E-state index contributed by atoms with van der Waals surface area (Å²) in [5.74, 6) is 1.70. The van der Waals surface area contributed by atoms with E-state index in [-0.39, 0.29) is 5.91 Å². The Bertz CT molecular complexity index is 994. The summed E-state index contributed by atoms with van der Waals surface area (Å²) in [7, 11) is 1.60. The number of hydrogen-bond acceptors (Lipinski definition) is 2. The lowest BCUT2D eigenvalue weighted by Crippen LogP contribution is -2.39. The first-order valence-electron chi connectivity index (χ1n) is 9.86. The highest BCUT2D eigenvalue weighted by molar-refractivity contribution is 5.96. The minimum absolute atomic E-state index is 0.0690. The third-order valence-corrected chi connectivity index (χ3v) is 6.30. The fraction of sp³-hybridized carbons (Fsp3) is 0.240. The summed E-state index contributed by atoms with van der Waals surface area (Å²) in [5.41, 5.74) is 6.35. The van der Waals surface area contributed by atoms with E-state index in [1.165, 1.54) is 22.3 Å². The summed E-state index contributed by atoms with van der Waals surface area (Å²) in [5, 5.41) is 3.17. The van der Waals surface area contributed by atoms with Crippen LogP contribution in [-0.2, 0) is 0 Å². The molecule has 1 unspecified atom stereocenters. The number of carbonyl (C=O) groups is 1. The van der Waals surface area contributed by atoms with Gasteiger partial charge in [0, 0.05) is 18.4 Å². The van der Waals surface area contributed by atoms with Gasteiger partial charge < -0.3 is 10.1 Å². The van der Waals surface area contributed by atoms with Crippen LogP contribution in [0.25, 0.3) is 0 Å². The van der Waals surface area contributed by atoms with Crippen LogP contribution in [0.1, 0.15) is 50.9 Å². The Labute approximate surface area is 165 Å². The van der Waals surface area contributed by atoms with E-state index in [2.05, 4.69) is 53.8 Å². The molecule has 6 rings (SSSR count). The first kappa shape index (κ1) is 17.1. The zero-order valence-corrected chi connectivity index (χ0v) is 15.9. The highest BCUT2D eigenvalue weighted by Gasteiger charge is 2.42. The lowest BCUT2D eigenvalue weighted by Gasteiger charge is -2.45. The first-order chi connectivity index (χ1) is 13.8. The van der Waals surface area contributed by atoms with Crippen LogP contribution in [0.4, 0.5) is 0 Å². The number of rotatable bonds is 4. The molecule has 28 heavy (non-hydrogen) atoms. The number of nitrogens with one attached hydrogen (secondary N) is 1. The van der Waals surface area contributed by atoms with Crippen LogP contribution in [0.2, 0.25) is 0 Å². The van der Waals surface area contributed by atoms with E-state index in [0.717, 1.165) is 6.42 Å². The molecule has 3 nitrogen and oxygen atoms in total. The third-order valence-electron chi connectivity index (χ3n) is 6.30. The molecular formula is C25H23NO2. The third kappa shape index (κ3) is 2.62.